The molecule has 0 radical (unpaired) electrons. The van der Waals surface area contributed by atoms with Gasteiger partial charge in [-0.1, -0.05) is 11.6 Å². The van der Waals surface area contributed by atoms with Crippen LogP contribution in [0.25, 0.3) is 0 Å². The topological polar surface area (TPSA) is 38.7 Å². The van der Waals surface area contributed by atoms with Gasteiger partial charge in [0.1, 0.15) is 0 Å². The fraction of sp³-hybridized carbons (Fsp3) is 0.333. The lowest BCUT2D eigenvalue weighted by molar-refractivity contribution is 0.268. The SMILES string of the molecule is COc1c(CO)cc(Cl)c(F)c1OC. The van der Waals surface area contributed by atoms with Gasteiger partial charge in [-0.15, -0.1) is 0 Å². The van der Waals surface area contributed by atoms with Crippen LogP contribution < -0.4 is 9.47 Å². The highest BCUT2D eigenvalue weighted by molar-refractivity contribution is 6.31. The minimum absolute atomic E-state index is 0.0935. The molecule has 0 fully saturated rings. The van der Waals surface area contributed by atoms with Crippen LogP contribution in [0.1, 0.15) is 5.56 Å². The van der Waals surface area contributed by atoms with E-state index < -0.39 is 5.82 Å². The maximum absolute atomic E-state index is 13.3. The molecule has 0 amide bonds. The number of rotatable bonds is 3. The Labute approximate surface area is 86.0 Å². The summed E-state index contributed by atoms with van der Waals surface area (Å²) >= 11 is 5.58. The van der Waals surface area contributed by atoms with Crippen LogP contribution in [0.5, 0.6) is 11.5 Å². The Kier molecular flexibility index (Phi) is 3.55. The molecular formula is C9H10ClFO3. The average molecular weight is 221 g/mol. The highest BCUT2D eigenvalue weighted by Gasteiger charge is 2.18. The summed E-state index contributed by atoms with van der Waals surface area (Å²) in [7, 11) is 2.67. The number of aliphatic hydroxyl groups is 1. The lowest BCUT2D eigenvalue weighted by Crippen LogP contribution is -1.99. The second-order valence-corrected chi connectivity index (χ2v) is 2.96. The van der Waals surface area contributed by atoms with E-state index in [1.807, 2.05) is 0 Å². The van der Waals surface area contributed by atoms with E-state index in [9.17, 15) is 4.39 Å². The van der Waals surface area contributed by atoms with E-state index in [1.165, 1.54) is 20.3 Å². The molecule has 1 aromatic carbocycles. The summed E-state index contributed by atoms with van der Waals surface area (Å²) < 4.78 is 23.1. The standard InChI is InChI=1S/C9H10ClFO3/c1-13-8-5(4-12)3-6(10)7(11)9(8)14-2/h3,12H,4H2,1-2H3. The maximum atomic E-state index is 13.3. The average Bonchev–Trinajstić information content (AvgIpc) is 2.20. The number of hydrogen-bond acceptors (Lipinski definition) is 3. The molecule has 0 aliphatic heterocycles. The quantitative estimate of drug-likeness (QED) is 0.847. The maximum Gasteiger partial charge on any atom is 0.198 e. The predicted molar refractivity (Wildman–Crippen MR) is 50.4 cm³/mol. The predicted octanol–water partition coefficient (Wildman–Crippen LogP) is 1.99. The van der Waals surface area contributed by atoms with E-state index in [1.54, 1.807) is 0 Å². The lowest BCUT2D eigenvalue weighted by atomic mass is 10.2. The molecule has 5 heteroatoms. The van der Waals surface area contributed by atoms with Gasteiger partial charge in [0.25, 0.3) is 0 Å². The second-order valence-electron chi connectivity index (χ2n) is 2.56. The smallest absolute Gasteiger partial charge is 0.198 e. The summed E-state index contributed by atoms with van der Waals surface area (Å²) in [4.78, 5) is 0. The number of methoxy groups -OCH3 is 2. The molecule has 0 spiro atoms. The normalized spacial score (nSPS) is 10.1. The van der Waals surface area contributed by atoms with E-state index in [0.29, 0.717) is 5.56 Å². The molecule has 0 unspecified atom stereocenters. The highest BCUT2D eigenvalue weighted by atomic mass is 35.5. The van der Waals surface area contributed by atoms with Gasteiger partial charge in [-0.25, -0.2) is 4.39 Å². The monoisotopic (exact) mass is 220 g/mol. The van der Waals surface area contributed by atoms with Crippen LogP contribution in [0.15, 0.2) is 6.07 Å². The van der Waals surface area contributed by atoms with Gasteiger partial charge in [-0.05, 0) is 6.07 Å². The van der Waals surface area contributed by atoms with Crippen LogP contribution in [-0.4, -0.2) is 19.3 Å². The van der Waals surface area contributed by atoms with Gasteiger partial charge in [-0.2, -0.15) is 0 Å². The van der Waals surface area contributed by atoms with Crippen LogP contribution in [0.3, 0.4) is 0 Å². The van der Waals surface area contributed by atoms with E-state index in [4.69, 9.17) is 26.2 Å². The number of ether oxygens (including phenoxy) is 2. The minimum Gasteiger partial charge on any atom is -0.492 e. The molecule has 0 aromatic heterocycles. The first-order valence-electron chi connectivity index (χ1n) is 3.85. The van der Waals surface area contributed by atoms with Crippen LogP contribution in [-0.2, 0) is 6.61 Å². The van der Waals surface area contributed by atoms with Crippen LogP contribution in [0.4, 0.5) is 4.39 Å². The van der Waals surface area contributed by atoms with Crippen molar-refractivity contribution in [1.82, 2.24) is 0 Å². The van der Waals surface area contributed by atoms with Crippen molar-refractivity contribution in [1.29, 1.82) is 0 Å². The van der Waals surface area contributed by atoms with E-state index in [2.05, 4.69) is 0 Å². The van der Waals surface area contributed by atoms with Gasteiger partial charge in [-0.3, -0.25) is 0 Å². The molecular weight excluding hydrogens is 211 g/mol. The summed E-state index contributed by atoms with van der Waals surface area (Å²) in [6.07, 6.45) is 0. The summed E-state index contributed by atoms with van der Waals surface area (Å²) in [5.74, 6) is -0.621. The molecule has 0 bridgehead atoms. The van der Waals surface area contributed by atoms with E-state index in [-0.39, 0.29) is 23.1 Å². The third-order valence-electron chi connectivity index (χ3n) is 1.79. The number of benzene rings is 1. The molecule has 0 aliphatic rings. The fourth-order valence-corrected chi connectivity index (χ4v) is 1.38. The van der Waals surface area contributed by atoms with Crippen molar-refractivity contribution >= 4 is 11.6 Å². The van der Waals surface area contributed by atoms with Gasteiger partial charge in [0.15, 0.2) is 17.3 Å². The van der Waals surface area contributed by atoms with E-state index in [0.717, 1.165) is 0 Å². The number of aliphatic hydroxyl groups excluding tert-OH is 1. The Bertz CT molecular complexity index is 341. The molecule has 0 saturated heterocycles. The van der Waals surface area contributed by atoms with Crippen molar-refractivity contribution in [3.63, 3.8) is 0 Å². The molecule has 0 atom stereocenters. The Morgan fingerprint density at radius 3 is 2.36 bits per heavy atom. The highest BCUT2D eigenvalue weighted by Crippen LogP contribution is 2.37. The lowest BCUT2D eigenvalue weighted by Gasteiger charge is -2.12. The zero-order valence-electron chi connectivity index (χ0n) is 7.80. The van der Waals surface area contributed by atoms with Gasteiger partial charge < -0.3 is 14.6 Å². The zero-order valence-corrected chi connectivity index (χ0v) is 8.56. The van der Waals surface area contributed by atoms with Crippen molar-refractivity contribution in [2.24, 2.45) is 0 Å². The number of hydrogen-bond donors (Lipinski definition) is 1. The summed E-state index contributed by atoms with van der Waals surface area (Å²) in [6, 6.07) is 1.30. The van der Waals surface area contributed by atoms with Gasteiger partial charge in [0, 0.05) is 5.56 Å². The summed E-state index contributed by atoms with van der Waals surface area (Å²) in [5.41, 5.74) is 0.385. The molecule has 0 heterocycles. The first-order valence-corrected chi connectivity index (χ1v) is 4.23. The fourth-order valence-electron chi connectivity index (χ4n) is 1.16. The Balaban J connectivity index is 3.42. The Morgan fingerprint density at radius 1 is 1.36 bits per heavy atom. The third kappa shape index (κ3) is 1.76. The molecule has 1 rings (SSSR count). The summed E-state index contributed by atoms with van der Waals surface area (Å²) in [5, 5.41) is 8.86. The van der Waals surface area contributed by atoms with Crippen molar-refractivity contribution in [3.8, 4) is 11.5 Å². The first-order chi connectivity index (χ1) is 6.65. The molecule has 0 aliphatic carbocycles. The van der Waals surface area contributed by atoms with Crippen molar-refractivity contribution in [2.45, 2.75) is 6.61 Å². The van der Waals surface area contributed by atoms with Crippen LogP contribution in [0.2, 0.25) is 5.02 Å². The third-order valence-corrected chi connectivity index (χ3v) is 2.06. The Hall–Kier alpha value is -1.00. The Morgan fingerprint density at radius 2 is 1.93 bits per heavy atom. The van der Waals surface area contributed by atoms with Gasteiger partial charge in [0.05, 0.1) is 25.8 Å². The first kappa shape index (κ1) is 11.1. The molecule has 78 valence electrons. The van der Waals surface area contributed by atoms with Crippen molar-refractivity contribution in [2.75, 3.05) is 14.2 Å². The van der Waals surface area contributed by atoms with Crippen LogP contribution in [0, 0.1) is 5.82 Å². The second kappa shape index (κ2) is 4.48. The molecule has 14 heavy (non-hydrogen) atoms. The molecule has 1 aromatic rings. The van der Waals surface area contributed by atoms with Crippen LogP contribution >= 0.6 is 11.6 Å². The summed E-state index contributed by atoms with van der Waals surface area (Å²) in [6.45, 7) is -0.292. The molecule has 1 N–H and O–H groups in total. The van der Waals surface area contributed by atoms with Crippen molar-refractivity contribution in [3.05, 3.63) is 22.5 Å². The minimum atomic E-state index is -0.691. The molecule has 3 nitrogen and oxygen atoms in total. The van der Waals surface area contributed by atoms with Gasteiger partial charge >= 0.3 is 0 Å². The van der Waals surface area contributed by atoms with E-state index >= 15 is 0 Å². The molecule has 0 saturated carbocycles. The number of halogens is 2. The van der Waals surface area contributed by atoms with Crippen molar-refractivity contribution < 1.29 is 19.0 Å². The van der Waals surface area contributed by atoms with Gasteiger partial charge in [0.2, 0.25) is 0 Å². The zero-order chi connectivity index (χ0) is 10.7. The largest absolute Gasteiger partial charge is 0.492 e.